The van der Waals surface area contributed by atoms with E-state index >= 15 is 0 Å². The summed E-state index contributed by atoms with van der Waals surface area (Å²) in [6.45, 7) is 0.0501. The van der Waals surface area contributed by atoms with E-state index < -0.39 is 23.9 Å². The second-order valence-corrected chi connectivity index (χ2v) is 7.94. The number of pyridine rings is 1. The lowest BCUT2D eigenvalue weighted by Gasteiger charge is -2.33. The number of fused-ring (bicyclic) bond motifs is 1. The Morgan fingerprint density at radius 1 is 1.31 bits per heavy atom. The molecule has 1 aliphatic heterocycles. The van der Waals surface area contributed by atoms with Gasteiger partial charge in [0.1, 0.15) is 24.9 Å². The van der Waals surface area contributed by atoms with Gasteiger partial charge in [0.2, 0.25) is 0 Å². The van der Waals surface area contributed by atoms with Gasteiger partial charge in [-0.25, -0.2) is 13.2 Å². The van der Waals surface area contributed by atoms with E-state index in [1.165, 1.54) is 19.1 Å². The predicted molar refractivity (Wildman–Crippen MR) is 105 cm³/mol. The van der Waals surface area contributed by atoms with Crippen LogP contribution in [-0.2, 0) is 16.7 Å². The van der Waals surface area contributed by atoms with E-state index in [4.69, 9.17) is 22.1 Å². The molecule has 1 aromatic heterocycles. The van der Waals surface area contributed by atoms with Crippen LogP contribution in [0.3, 0.4) is 0 Å². The highest BCUT2D eigenvalue weighted by Gasteiger charge is 2.54. The molecule has 0 spiro atoms. The van der Waals surface area contributed by atoms with Crippen LogP contribution >= 0.6 is 11.6 Å². The third-order valence-corrected chi connectivity index (χ3v) is 5.65. The summed E-state index contributed by atoms with van der Waals surface area (Å²) in [6.07, 6.45) is 3.13. The van der Waals surface area contributed by atoms with E-state index in [2.05, 4.69) is 15.3 Å². The average molecular weight is 425 g/mol. The third kappa shape index (κ3) is 3.55. The molecule has 5 nitrogen and oxygen atoms in total. The molecule has 3 N–H and O–H groups in total. The zero-order valence-corrected chi connectivity index (χ0v) is 16.4. The van der Waals surface area contributed by atoms with Crippen molar-refractivity contribution in [1.29, 1.82) is 0 Å². The minimum absolute atomic E-state index is 0.103. The highest BCUT2D eigenvalue weighted by molar-refractivity contribution is 6.30. The molecule has 9 heteroatoms. The van der Waals surface area contributed by atoms with Crippen LogP contribution in [0.2, 0.25) is 5.02 Å². The van der Waals surface area contributed by atoms with E-state index in [9.17, 15) is 13.2 Å². The Labute approximate surface area is 171 Å². The zero-order valence-electron chi connectivity index (χ0n) is 15.7. The minimum Gasteiger partial charge on any atom is -0.385 e. The molecule has 0 saturated carbocycles. The van der Waals surface area contributed by atoms with Crippen molar-refractivity contribution in [1.82, 2.24) is 4.98 Å². The number of rotatable bonds is 3. The number of aromatic nitrogens is 1. The first kappa shape index (κ1) is 20.0. The molecular formula is C20H20ClF3N4O. The summed E-state index contributed by atoms with van der Waals surface area (Å²) in [4.78, 5) is 8.32. The summed E-state index contributed by atoms with van der Waals surface area (Å²) in [5.74, 6) is -4.33. The van der Waals surface area contributed by atoms with Gasteiger partial charge in [-0.1, -0.05) is 11.6 Å². The van der Waals surface area contributed by atoms with Crippen LogP contribution in [-0.4, -0.2) is 30.0 Å². The van der Waals surface area contributed by atoms with Crippen LogP contribution in [0.5, 0.6) is 0 Å². The number of nitrogens with two attached hydrogens (primary N) is 1. The molecule has 29 heavy (non-hydrogen) atoms. The Morgan fingerprint density at radius 2 is 2.10 bits per heavy atom. The topological polar surface area (TPSA) is 72.5 Å². The van der Waals surface area contributed by atoms with E-state index in [0.29, 0.717) is 10.7 Å². The fourth-order valence-electron chi connectivity index (χ4n) is 3.85. The highest BCUT2D eigenvalue weighted by Crippen LogP contribution is 2.44. The standard InChI is InChI=1S/C20H20ClF3N4O/c1-19(20(23,24)10-29-9-17(25)28-19)14-7-13(3-4-15(14)22)27-16-5-2-11-6-12(21)8-26-18(11)16/h3-4,6-8,16,27H,2,5,9-10H2,1H3,(H2,25,28). The van der Waals surface area contributed by atoms with Crippen molar-refractivity contribution >= 4 is 23.1 Å². The van der Waals surface area contributed by atoms with Crippen LogP contribution in [0.15, 0.2) is 35.5 Å². The van der Waals surface area contributed by atoms with Gasteiger partial charge in [0.15, 0.2) is 5.54 Å². The summed E-state index contributed by atoms with van der Waals surface area (Å²) >= 11 is 5.99. The number of hydrogen-bond donors (Lipinski definition) is 2. The van der Waals surface area contributed by atoms with E-state index in [-0.39, 0.29) is 24.0 Å². The molecule has 2 atom stereocenters. The smallest absolute Gasteiger partial charge is 0.299 e. The number of amidine groups is 1. The zero-order chi connectivity index (χ0) is 20.8. The van der Waals surface area contributed by atoms with Crippen LogP contribution < -0.4 is 11.1 Å². The first-order valence-electron chi connectivity index (χ1n) is 9.20. The van der Waals surface area contributed by atoms with Gasteiger partial charge in [-0.15, -0.1) is 0 Å². The molecule has 154 valence electrons. The largest absolute Gasteiger partial charge is 0.385 e. The van der Waals surface area contributed by atoms with Crippen molar-refractivity contribution in [3.63, 3.8) is 0 Å². The predicted octanol–water partition coefficient (Wildman–Crippen LogP) is 4.21. The Hall–Kier alpha value is -2.32. The third-order valence-electron chi connectivity index (χ3n) is 5.44. The normalized spacial score (nSPS) is 25.8. The number of nitrogens with one attached hydrogen (secondary N) is 1. The van der Waals surface area contributed by atoms with Gasteiger partial charge in [-0.05, 0) is 49.6 Å². The molecule has 2 heterocycles. The van der Waals surface area contributed by atoms with Gasteiger partial charge in [-0.2, -0.15) is 0 Å². The molecule has 1 aliphatic carbocycles. The minimum atomic E-state index is -3.44. The summed E-state index contributed by atoms with van der Waals surface area (Å²) in [5, 5.41) is 3.83. The van der Waals surface area contributed by atoms with Crippen LogP contribution in [0.1, 0.15) is 36.2 Å². The molecule has 2 unspecified atom stereocenters. The first-order chi connectivity index (χ1) is 13.7. The lowest BCUT2D eigenvalue weighted by Crippen LogP contribution is -2.45. The Balaban J connectivity index is 1.70. The number of aliphatic imine (C=N–C) groups is 1. The maximum Gasteiger partial charge on any atom is 0.299 e. The SMILES string of the molecule is CC1(c2cc(NC3CCc4cc(Cl)cnc43)ccc2F)N=C(N)COCC1(F)F. The maximum atomic E-state index is 14.8. The number of anilines is 1. The van der Waals surface area contributed by atoms with Crippen molar-refractivity contribution in [3.05, 3.63) is 58.1 Å². The fraction of sp³-hybridized carbons (Fsp3) is 0.400. The average Bonchev–Trinajstić information content (AvgIpc) is 2.99. The quantitative estimate of drug-likeness (QED) is 0.774. The van der Waals surface area contributed by atoms with E-state index in [1.807, 2.05) is 6.07 Å². The van der Waals surface area contributed by atoms with Crippen molar-refractivity contribution in [2.24, 2.45) is 10.7 Å². The molecule has 2 aliphatic rings. The Bertz CT molecular complexity index is 984. The number of benzene rings is 1. The Kier molecular flexibility index (Phi) is 4.94. The molecule has 1 aromatic carbocycles. The number of aryl methyl sites for hydroxylation is 1. The maximum absolute atomic E-state index is 14.8. The Morgan fingerprint density at radius 3 is 2.90 bits per heavy atom. The molecule has 4 rings (SSSR count). The number of halogens is 4. The lowest BCUT2D eigenvalue weighted by atomic mass is 9.85. The van der Waals surface area contributed by atoms with E-state index in [1.54, 1.807) is 6.20 Å². The van der Waals surface area contributed by atoms with Crippen LogP contribution in [0.4, 0.5) is 18.9 Å². The second kappa shape index (κ2) is 7.18. The van der Waals surface area contributed by atoms with Gasteiger partial charge in [0.05, 0.1) is 16.8 Å². The summed E-state index contributed by atoms with van der Waals surface area (Å²) < 4.78 is 49.2. The highest BCUT2D eigenvalue weighted by atomic mass is 35.5. The van der Waals surface area contributed by atoms with Gasteiger partial charge in [0.25, 0.3) is 5.92 Å². The molecule has 2 aromatic rings. The molecule has 0 bridgehead atoms. The molecule has 0 radical (unpaired) electrons. The number of hydrogen-bond acceptors (Lipinski definition) is 5. The van der Waals surface area contributed by atoms with Crippen LogP contribution in [0.25, 0.3) is 0 Å². The molecular weight excluding hydrogens is 405 g/mol. The monoisotopic (exact) mass is 424 g/mol. The number of nitrogens with zero attached hydrogens (tertiary/aromatic N) is 2. The van der Waals surface area contributed by atoms with Gasteiger partial charge in [-0.3, -0.25) is 9.98 Å². The summed E-state index contributed by atoms with van der Waals surface area (Å²) in [7, 11) is 0. The van der Waals surface area contributed by atoms with Gasteiger partial charge < -0.3 is 15.8 Å². The lowest BCUT2D eigenvalue weighted by molar-refractivity contribution is -0.116. The van der Waals surface area contributed by atoms with Crippen molar-refractivity contribution in [2.45, 2.75) is 37.3 Å². The fourth-order valence-corrected chi connectivity index (χ4v) is 4.04. The molecule has 0 fully saturated rings. The van der Waals surface area contributed by atoms with Crippen LogP contribution in [0, 0.1) is 5.82 Å². The van der Waals surface area contributed by atoms with Crippen molar-refractivity contribution in [2.75, 3.05) is 18.5 Å². The van der Waals surface area contributed by atoms with Crippen molar-refractivity contribution < 1.29 is 17.9 Å². The van der Waals surface area contributed by atoms with Crippen molar-refractivity contribution in [3.8, 4) is 0 Å². The van der Waals surface area contributed by atoms with E-state index in [0.717, 1.165) is 30.2 Å². The summed E-state index contributed by atoms with van der Waals surface area (Å²) in [6, 6.07) is 5.77. The number of ether oxygens (including phenoxy) is 1. The first-order valence-corrected chi connectivity index (χ1v) is 9.58. The summed E-state index contributed by atoms with van der Waals surface area (Å²) in [5.41, 5.74) is 5.63. The van der Waals surface area contributed by atoms with Gasteiger partial charge in [0, 0.05) is 17.4 Å². The second-order valence-electron chi connectivity index (χ2n) is 7.50. The molecule has 0 saturated heterocycles. The molecule has 0 amide bonds. The van der Waals surface area contributed by atoms with Gasteiger partial charge >= 0.3 is 0 Å². The number of alkyl halides is 2.